The van der Waals surface area contributed by atoms with Gasteiger partial charge in [0.05, 0.1) is 18.3 Å². The molecule has 0 atom stereocenters. The Morgan fingerprint density at radius 1 is 1.10 bits per heavy atom. The highest BCUT2D eigenvalue weighted by molar-refractivity contribution is 6.04. The van der Waals surface area contributed by atoms with Crippen LogP contribution in [0, 0.1) is 5.82 Å². The van der Waals surface area contributed by atoms with E-state index in [1.807, 2.05) is 0 Å². The number of fused-ring (bicyclic) bond motifs is 3. The van der Waals surface area contributed by atoms with Gasteiger partial charge in [-0.15, -0.1) is 4.68 Å². The van der Waals surface area contributed by atoms with Crippen LogP contribution in [0.2, 0.25) is 0 Å². The van der Waals surface area contributed by atoms with Crippen LogP contribution in [0.3, 0.4) is 0 Å². The fourth-order valence-electron chi connectivity index (χ4n) is 3.03. The van der Waals surface area contributed by atoms with Crippen molar-refractivity contribution in [1.82, 2.24) is 14.6 Å². The molecule has 0 radical (unpaired) electrons. The first-order chi connectivity index (χ1) is 14.1. The van der Waals surface area contributed by atoms with Crippen molar-refractivity contribution in [1.29, 1.82) is 0 Å². The van der Waals surface area contributed by atoms with Crippen molar-refractivity contribution in [2.45, 2.75) is 19.8 Å². The molecule has 8 heteroatoms. The number of hydrogen-bond acceptors (Lipinski definition) is 4. The number of H-pyrrole nitrogens is 2. The van der Waals surface area contributed by atoms with E-state index in [1.165, 1.54) is 24.4 Å². The highest BCUT2D eigenvalue weighted by Gasteiger charge is 2.13. The first kappa shape index (κ1) is 18.7. The Morgan fingerprint density at radius 2 is 1.90 bits per heavy atom. The van der Waals surface area contributed by atoms with Crippen LogP contribution in [0.25, 0.3) is 21.9 Å². The molecule has 4 aromatic rings. The molecule has 7 nitrogen and oxygen atoms in total. The molecule has 0 spiro atoms. The normalized spacial score (nSPS) is 11.7. The van der Waals surface area contributed by atoms with Crippen molar-refractivity contribution in [2.75, 3.05) is 6.61 Å². The quantitative estimate of drug-likeness (QED) is 0.388. The lowest BCUT2D eigenvalue weighted by Gasteiger charge is -2.04. The maximum atomic E-state index is 13.5. The zero-order valence-electron chi connectivity index (χ0n) is 15.7. The average molecular weight is 394 g/mol. The van der Waals surface area contributed by atoms with Crippen LogP contribution in [-0.2, 0) is 0 Å². The Morgan fingerprint density at radius 3 is 2.66 bits per heavy atom. The summed E-state index contributed by atoms with van der Waals surface area (Å²) in [5.41, 5.74) is 0.351. The average Bonchev–Trinajstić information content (AvgIpc) is 3.07. The second-order valence-electron chi connectivity index (χ2n) is 6.63. The maximum Gasteiger partial charge on any atom is 0.350 e. The molecule has 0 aliphatic rings. The third kappa shape index (κ3) is 3.69. The number of unbranched alkanes of at least 4 members (excludes halogenated alkanes) is 1. The number of aromatic amines is 2. The van der Waals surface area contributed by atoms with Gasteiger partial charge < -0.3 is 14.7 Å². The molecule has 29 heavy (non-hydrogen) atoms. The molecule has 0 aliphatic carbocycles. The number of ether oxygens (including phenoxy) is 1. The van der Waals surface area contributed by atoms with E-state index in [1.54, 1.807) is 24.3 Å². The number of halogens is 1. The summed E-state index contributed by atoms with van der Waals surface area (Å²) in [6.07, 6.45) is 3.46. The molecule has 2 heterocycles. The summed E-state index contributed by atoms with van der Waals surface area (Å²) < 4.78 is 19.9. The number of nitrogens with zero attached hydrogens (tertiary/aromatic N) is 2. The fourth-order valence-corrected chi connectivity index (χ4v) is 3.03. The van der Waals surface area contributed by atoms with Crippen LogP contribution < -0.4 is 16.0 Å². The van der Waals surface area contributed by atoms with Gasteiger partial charge in [0, 0.05) is 10.9 Å². The van der Waals surface area contributed by atoms with Crippen molar-refractivity contribution >= 4 is 28.2 Å². The van der Waals surface area contributed by atoms with Crippen LogP contribution in [0.4, 0.5) is 4.39 Å². The van der Waals surface area contributed by atoms with Crippen molar-refractivity contribution in [3.8, 4) is 5.75 Å². The maximum absolute atomic E-state index is 13.5. The van der Waals surface area contributed by atoms with Gasteiger partial charge in [-0.1, -0.05) is 13.3 Å². The van der Waals surface area contributed by atoms with Crippen LogP contribution in [0.1, 0.15) is 25.3 Å². The fraction of sp³-hybridized carbons (Fsp3) is 0.190. The van der Waals surface area contributed by atoms with E-state index in [9.17, 15) is 14.0 Å². The van der Waals surface area contributed by atoms with Crippen LogP contribution >= 0.6 is 0 Å². The van der Waals surface area contributed by atoms with E-state index in [0.717, 1.165) is 23.3 Å². The molecule has 2 aromatic carbocycles. The van der Waals surface area contributed by atoms with Crippen molar-refractivity contribution in [3.63, 3.8) is 0 Å². The summed E-state index contributed by atoms with van der Waals surface area (Å²) in [5.74, 6) is 0.293. The number of benzene rings is 2. The van der Waals surface area contributed by atoms with E-state index >= 15 is 0 Å². The standard InChI is InChI=1S/C21H19FN4O3/c1-2-3-10-29-15-7-4-13(5-8-15)12-23-26-20(27)19-18(25-21(26)28)16-11-14(22)6-9-17(16)24-19/h4-9,11-12,24H,2-3,10H2,1H3,(H,25,28)/b23-12-. The summed E-state index contributed by atoms with van der Waals surface area (Å²) in [6.45, 7) is 2.75. The Labute approximate surface area is 164 Å². The molecule has 0 unspecified atom stereocenters. The molecule has 2 aromatic heterocycles. The van der Waals surface area contributed by atoms with E-state index < -0.39 is 17.1 Å². The SMILES string of the molecule is CCCCOc1ccc(/C=N\n2c(=O)[nH]c3c([nH]c4ccc(F)cc43)c2=O)cc1. The minimum Gasteiger partial charge on any atom is -0.494 e. The highest BCUT2D eigenvalue weighted by Crippen LogP contribution is 2.21. The molecule has 0 fully saturated rings. The molecule has 0 amide bonds. The molecule has 0 bridgehead atoms. The van der Waals surface area contributed by atoms with E-state index in [-0.39, 0.29) is 11.0 Å². The topological polar surface area (TPSA) is 92.2 Å². The molecule has 0 saturated heterocycles. The monoisotopic (exact) mass is 394 g/mol. The Kier molecular flexibility index (Phi) is 4.99. The summed E-state index contributed by atoms with van der Waals surface area (Å²) in [7, 11) is 0. The first-order valence-corrected chi connectivity index (χ1v) is 9.30. The number of hydrogen-bond donors (Lipinski definition) is 2. The van der Waals surface area contributed by atoms with Crippen molar-refractivity contribution in [3.05, 3.63) is 74.7 Å². The molecule has 2 N–H and O–H groups in total. The van der Waals surface area contributed by atoms with Crippen LogP contribution in [0.15, 0.2) is 57.2 Å². The first-order valence-electron chi connectivity index (χ1n) is 9.30. The lowest BCUT2D eigenvalue weighted by molar-refractivity contribution is 0.309. The Hall–Kier alpha value is -3.68. The molecular formula is C21H19FN4O3. The van der Waals surface area contributed by atoms with E-state index in [0.29, 0.717) is 23.1 Å². The summed E-state index contributed by atoms with van der Waals surface area (Å²) >= 11 is 0. The molecule has 0 aliphatic heterocycles. The highest BCUT2D eigenvalue weighted by atomic mass is 19.1. The minimum absolute atomic E-state index is 0.155. The zero-order valence-corrected chi connectivity index (χ0v) is 15.7. The van der Waals surface area contributed by atoms with Gasteiger partial charge in [-0.05, 0) is 54.4 Å². The summed E-state index contributed by atoms with van der Waals surface area (Å²) in [5, 5.41) is 4.45. The van der Waals surface area contributed by atoms with Crippen LogP contribution in [0.5, 0.6) is 5.75 Å². The zero-order chi connectivity index (χ0) is 20.4. The number of rotatable bonds is 6. The largest absolute Gasteiger partial charge is 0.494 e. The molecule has 4 rings (SSSR count). The van der Waals surface area contributed by atoms with Gasteiger partial charge in [0.1, 0.15) is 17.1 Å². The van der Waals surface area contributed by atoms with Gasteiger partial charge in [-0.3, -0.25) is 4.79 Å². The number of nitrogens with one attached hydrogen (secondary N) is 2. The van der Waals surface area contributed by atoms with Gasteiger partial charge in [-0.25, -0.2) is 9.18 Å². The third-order valence-electron chi connectivity index (χ3n) is 4.56. The van der Waals surface area contributed by atoms with Gasteiger partial charge in [-0.2, -0.15) is 5.10 Å². The lowest BCUT2D eigenvalue weighted by atomic mass is 10.2. The smallest absolute Gasteiger partial charge is 0.350 e. The van der Waals surface area contributed by atoms with Gasteiger partial charge in [0.15, 0.2) is 0 Å². The number of aromatic nitrogens is 3. The van der Waals surface area contributed by atoms with Crippen molar-refractivity contribution < 1.29 is 9.13 Å². The second kappa shape index (κ2) is 7.75. The van der Waals surface area contributed by atoms with Gasteiger partial charge in [0.2, 0.25) is 0 Å². The Balaban J connectivity index is 1.66. The van der Waals surface area contributed by atoms with Crippen LogP contribution in [-0.4, -0.2) is 27.5 Å². The second-order valence-corrected chi connectivity index (χ2v) is 6.63. The summed E-state index contributed by atoms with van der Waals surface area (Å²) in [6, 6.07) is 11.2. The molecule has 148 valence electrons. The molecule has 0 saturated carbocycles. The van der Waals surface area contributed by atoms with Crippen molar-refractivity contribution in [2.24, 2.45) is 5.10 Å². The summed E-state index contributed by atoms with van der Waals surface area (Å²) in [4.78, 5) is 30.6. The molecular weight excluding hydrogens is 375 g/mol. The van der Waals surface area contributed by atoms with Gasteiger partial charge >= 0.3 is 11.2 Å². The lowest BCUT2D eigenvalue weighted by Crippen LogP contribution is -2.32. The predicted molar refractivity (Wildman–Crippen MR) is 110 cm³/mol. The Bertz CT molecular complexity index is 1320. The predicted octanol–water partition coefficient (Wildman–Crippen LogP) is 3.37. The van der Waals surface area contributed by atoms with Gasteiger partial charge in [0.25, 0.3) is 0 Å². The van der Waals surface area contributed by atoms with E-state index in [2.05, 4.69) is 22.0 Å². The van der Waals surface area contributed by atoms with E-state index in [4.69, 9.17) is 4.74 Å². The third-order valence-corrected chi connectivity index (χ3v) is 4.56. The minimum atomic E-state index is -0.705.